The predicted molar refractivity (Wildman–Crippen MR) is 55.4 cm³/mol. The molecule has 1 aromatic rings. The molecule has 0 saturated heterocycles. The van der Waals surface area contributed by atoms with E-state index in [0.717, 1.165) is 0 Å². The van der Waals surface area contributed by atoms with Crippen LogP contribution in [0.1, 0.15) is 26.6 Å². The number of Topliss-reactive ketones (excluding diaryl/α,β-unsaturated/α-hetero) is 1. The Labute approximate surface area is 89.5 Å². The Morgan fingerprint density at radius 1 is 1.60 bits per heavy atom. The molecule has 0 atom stereocenters. The molecule has 0 aliphatic rings. The number of hydrogen-bond donors (Lipinski definition) is 0. The number of hydrogen-bond acceptors (Lipinski definition) is 4. The number of aryl methyl sites for hydroxylation is 1. The maximum Gasteiger partial charge on any atom is 0.171 e. The maximum absolute atomic E-state index is 11.9. The summed E-state index contributed by atoms with van der Waals surface area (Å²) < 4.78 is 6.97. The monoisotopic (exact) mass is 211 g/mol. The molecule has 0 fully saturated rings. The molecule has 0 bridgehead atoms. The van der Waals surface area contributed by atoms with Gasteiger partial charge in [0, 0.05) is 13.7 Å². The molecular weight excluding hydrogens is 194 g/mol. The van der Waals surface area contributed by atoms with E-state index in [1.807, 2.05) is 6.92 Å². The molecular formula is C10H17N3O2. The molecule has 0 N–H and O–H groups in total. The van der Waals surface area contributed by atoms with Crippen LogP contribution in [0.3, 0.4) is 0 Å². The Morgan fingerprint density at radius 3 is 2.73 bits per heavy atom. The number of carbonyl (C=O) groups is 1. The summed E-state index contributed by atoms with van der Waals surface area (Å²) in [5, 5.41) is 3.91. The lowest BCUT2D eigenvalue weighted by molar-refractivity contribution is -0.139. The lowest BCUT2D eigenvalue weighted by Gasteiger charge is -2.22. The van der Waals surface area contributed by atoms with Crippen LogP contribution in [0.25, 0.3) is 0 Å². The second-order valence-corrected chi connectivity index (χ2v) is 3.84. The van der Waals surface area contributed by atoms with Crippen LogP contribution >= 0.6 is 0 Å². The van der Waals surface area contributed by atoms with E-state index in [2.05, 4.69) is 10.1 Å². The zero-order valence-electron chi connectivity index (χ0n) is 9.65. The molecule has 0 aliphatic heterocycles. The minimum absolute atomic E-state index is 0.0143. The Hall–Kier alpha value is -1.23. The van der Waals surface area contributed by atoms with E-state index in [-0.39, 0.29) is 12.2 Å². The van der Waals surface area contributed by atoms with Crippen molar-refractivity contribution in [2.24, 2.45) is 7.05 Å². The molecule has 0 amide bonds. The van der Waals surface area contributed by atoms with Gasteiger partial charge in [0.2, 0.25) is 0 Å². The highest BCUT2D eigenvalue weighted by atomic mass is 16.5. The molecule has 0 radical (unpaired) electrons. The van der Waals surface area contributed by atoms with Crippen LogP contribution in [0, 0.1) is 0 Å². The smallest absolute Gasteiger partial charge is 0.171 e. The van der Waals surface area contributed by atoms with E-state index in [0.29, 0.717) is 12.4 Å². The van der Waals surface area contributed by atoms with Gasteiger partial charge in [0.1, 0.15) is 17.8 Å². The average Bonchev–Trinajstić information content (AvgIpc) is 2.52. The highest BCUT2D eigenvalue weighted by molar-refractivity contribution is 5.87. The minimum Gasteiger partial charge on any atom is -0.368 e. The number of rotatable bonds is 5. The average molecular weight is 211 g/mol. The highest BCUT2D eigenvalue weighted by Crippen LogP contribution is 2.13. The van der Waals surface area contributed by atoms with Gasteiger partial charge in [-0.15, -0.1) is 0 Å². The van der Waals surface area contributed by atoms with Crippen LogP contribution in [-0.2, 0) is 23.0 Å². The Morgan fingerprint density at radius 2 is 2.27 bits per heavy atom. The van der Waals surface area contributed by atoms with E-state index >= 15 is 0 Å². The van der Waals surface area contributed by atoms with Crippen molar-refractivity contribution in [3.05, 3.63) is 12.2 Å². The lowest BCUT2D eigenvalue weighted by Crippen LogP contribution is -2.36. The molecule has 5 nitrogen and oxygen atoms in total. The van der Waals surface area contributed by atoms with Crippen molar-refractivity contribution in [1.29, 1.82) is 0 Å². The lowest BCUT2D eigenvalue weighted by atomic mass is 10.0. The van der Waals surface area contributed by atoms with Gasteiger partial charge in [0.25, 0.3) is 0 Å². The van der Waals surface area contributed by atoms with Gasteiger partial charge >= 0.3 is 0 Å². The van der Waals surface area contributed by atoms with E-state index < -0.39 is 5.60 Å². The summed E-state index contributed by atoms with van der Waals surface area (Å²) in [7, 11) is 1.77. The van der Waals surface area contributed by atoms with Crippen LogP contribution < -0.4 is 0 Å². The van der Waals surface area contributed by atoms with Crippen molar-refractivity contribution in [3.63, 3.8) is 0 Å². The van der Waals surface area contributed by atoms with Gasteiger partial charge in [0.15, 0.2) is 5.78 Å². The van der Waals surface area contributed by atoms with Crippen LogP contribution in [0.5, 0.6) is 0 Å². The van der Waals surface area contributed by atoms with E-state index in [9.17, 15) is 4.79 Å². The van der Waals surface area contributed by atoms with Crippen LogP contribution in [0.4, 0.5) is 0 Å². The van der Waals surface area contributed by atoms with Gasteiger partial charge in [-0.1, -0.05) is 0 Å². The fraction of sp³-hybridized carbons (Fsp3) is 0.700. The largest absolute Gasteiger partial charge is 0.368 e. The Kier molecular flexibility index (Phi) is 3.57. The second-order valence-electron chi connectivity index (χ2n) is 3.84. The number of ketones is 1. The first-order valence-corrected chi connectivity index (χ1v) is 4.97. The fourth-order valence-corrected chi connectivity index (χ4v) is 1.28. The molecule has 84 valence electrons. The molecule has 0 aromatic carbocycles. The first-order valence-electron chi connectivity index (χ1n) is 4.97. The van der Waals surface area contributed by atoms with Crippen molar-refractivity contribution in [3.8, 4) is 0 Å². The number of carbonyl (C=O) groups excluding carboxylic acids is 1. The van der Waals surface area contributed by atoms with Gasteiger partial charge in [-0.2, -0.15) is 5.10 Å². The van der Waals surface area contributed by atoms with E-state index in [4.69, 9.17) is 4.74 Å². The third-order valence-corrected chi connectivity index (χ3v) is 2.30. The first kappa shape index (κ1) is 11.8. The second kappa shape index (κ2) is 4.53. The Balaban J connectivity index is 2.67. The van der Waals surface area contributed by atoms with Crippen molar-refractivity contribution < 1.29 is 9.53 Å². The summed E-state index contributed by atoms with van der Waals surface area (Å²) in [5.41, 5.74) is -0.749. The molecule has 0 saturated carbocycles. The zero-order valence-corrected chi connectivity index (χ0v) is 9.65. The fourth-order valence-electron chi connectivity index (χ4n) is 1.28. The van der Waals surface area contributed by atoms with Gasteiger partial charge in [0.05, 0.1) is 6.42 Å². The van der Waals surface area contributed by atoms with E-state index in [1.165, 1.54) is 6.33 Å². The normalized spacial score (nSPS) is 11.7. The van der Waals surface area contributed by atoms with Crippen molar-refractivity contribution >= 4 is 5.78 Å². The Bertz CT molecular complexity index is 344. The molecule has 0 aliphatic carbocycles. The summed E-state index contributed by atoms with van der Waals surface area (Å²) in [6, 6.07) is 0. The SMILES string of the molecule is CCOC(C)(C)C(=O)Cc1ncnn1C. The molecule has 5 heteroatoms. The quantitative estimate of drug-likeness (QED) is 0.721. The van der Waals surface area contributed by atoms with Gasteiger partial charge in [-0.25, -0.2) is 4.98 Å². The van der Waals surface area contributed by atoms with Gasteiger partial charge in [-0.05, 0) is 20.8 Å². The number of aromatic nitrogens is 3. The summed E-state index contributed by atoms with van der Waals surface area (Å²) in [6.45, 7) is 5.94. The van der Waals surface area contributed by atoms with Crippen molar-refractivity contribution in [2.45, 2.75) is 32.8 Å². The topological polar surface area (TPSA) is 57.0 Å². The summed E-state index contributed by atoms with van der Waals surface area (Å²) in [5.74, 6) is 0.674. The van der Waals surface area contributed by atoms with Crippen molar-refractivity contribution in [1.82, 2.24) is 14.8 Å². The summed E-state index contributed by atoms with van der Waals surface area (Å²) in [4.78, 5) is 15.9. The summed E-state index contributed by atoms with van der Waals surface area (Å²) in [6.07, 6.45) is 1.69. The highest BCUT2D eigenvalue weighted by Gasteiger charge is 2.28. The molecule has 1 rings (SSSR count). The van der Waals surface area contributed by atoms with Crippen molar-refractivity contribution in [2.75, 3.05) is 6.61 Å². The van der Waals surface area contributed by atoms with Gasteiger partial charge in [-0.3, -0.25) is 9.48 Å². The van der Waals surface area contributed by atoms with E-state index in [1.54, 1.807) is 25.6 Å². The number of ether oxygens (including phenoxy) is 1. The summed E-state index contributed by atoms with van der Waals surface area (Å²) >= 11 is 0. The van der Waals surface area contributed by atoms with Crippen LogP contribution in [0.2, 0.25) is 0 Å². The number of nitrogens with zero attached hydrogens (tertiary/aromatic N) is 3. The molecule has 15 heavy (non-hydrogen) atoms. The predicted octanol–water partition coefficient (Wildman–Crippen LogP) is 0.742. The molecule has 0 spiro atoms. The minimum atomic E-state index is -0.749. The first-order chi connectivity index (χ1) is 6.97. The van der Waals surface area contributed by atoms with Gasteiger partial charge < -0.3 is 4.74 Å². The van der Waals surface area contributed by atoms with Crippen LogP contribution in [0.15, 0.2) is 6.33 Å². The molecule has 1 aromatic heterocycles. The maximum atomic E-state index is 11.9. The standard InChI is InChI=1S/C10H17N3O2/c1-5-15-10(2,3)8(14)6-9-11-7-12-13(9)4/h7H,5-6H2,1-4H3. The van der Waals surface area contributed by atoms with Crippen LogP contribution in [-0.4, -0.2) is 32.8 Å². The third-order valence-electron chi connectivity index (χ3n) is 2.30. The molecule has 0 unspecified atom stereocenters. The molecule has 1 heterocycles. The zero-order chi connectivity index (χ0) is 11.5. The third kappa shape index (κ3) is 2.86.